The molecule has 160 valence electrons. The third-order valence-corrected chi connectivity index (χ3v) is 7.23. The topological polar surface area (TPSA) is 62.5 Å². The molecule has 0 radical (unpaired) electrons. The van der Waals surface area contributed by atoms with Gasteiger partial charge in [0.25, 0.3) is 5.91 Å². The minimum atomic E-state index is -0.690. The zero-order valence-electron chi connectivity index (χ0n) is 17.1. The van der Waals surface area contributed by atoms with Crippen molar-refractivity contribution in [2.24, 2.45) is 5.92 Å². The van der Waals surface area contributed by atoms with E-state index >= 15 is 0 Å². The fourth-order valence-corrected chi connectivity index (χ4v) is 5.63. The Morgan fingerprint density at radius 3 is 2.73 bits per heavy atom. The summed E-state index contributed by atoms with van der Waals surface area (Å²) >= 11 is 0. The number of hydrogen-bond donors (Lipinski definition) is 0. The average Bonchev–Trinajstić information content (AvgIpc) is 3.48. The highest BCUT2D eigenvalue weighted by atomic mass is 19.1. The highest BCUT2D eigenvalue weighted by Crippen LogP contribution is 2.46. The molecule has 0 bridgehead atoms. The SMILES string of the molecule is Cc1nnc(C23CCN(C(=O)c4cc(F)ccc4F)CC2CN(C2CCCC2)C3)o1. The van der Waals surface area contributed by atoms with Gasteiger partial charge >= 0.3 is 0 Å². The zero-order chi connectivity index (χ0) is 20.9. The first-order valence-electron chi connectivity index (χ1n) is 10.8. The van der Waals surface area contributed by atoms with Crippen LogP contribution in [-0.4, -0.2) is 58.1 Å². The van der Waals surface area contributed by atoms with E-state index in [1.165, 1.54) is 25.7 Å². The third kappa shape index (κ3) is 3.21. The number of aromatic nitrogens is 2. The monoisotopic (exact) mass is 416 g/mol. The Hall–Kier alpha value is -2.35. The Bertz CT molecular complexity index is 958. The first-order chi connectivity index (χ1) is 14.5. The molecule has 0 N–H and O–H groups in total. The number of halogens is 2. The summed E-state index contributed by atoms with van der Waals surface area (Å²) in [4.78, 5) is 17.2. The van der Waals surface area contributed by atoms with Gasteiger partial charge in [-0.2, -0.15) is 0 Å². The van der Waals surface area contributed by atoms with Crippen molar-refractivity contribution < 1.29 is 18.0 Å². The van der Waals surface area contributed by atoms with Gasteiger partial charge in [-0.1, -0.05) is 12.8 Å². The fourth-order valence-electron chi connectivity index (χ4n) is 5.63. The lowest BCUT2D eigenvalue weighted by atomic mass is 9.72. The summed E-state index contributed by atoms with van der Waals surface area (Å²) < 4.78 is 33.7. The molecule has 1 aromatic carbocycles. The van der Waals surface area contributed by atoms with Gasteiger partial charge < -0.3 is 9.32 Å². The minimum absolute atomic E-state index is 0.118. The van der Waals surface area contributed by atoms with Crippen LogP contribution in [0.4, 0.5) is 8.78 Å². The molecule has 3 heterocycles. The second-order valence-electron chi connectivity index (χ2n) is 8.97. The molecule has 2 unspecified atom stereocenters. The molecule has 2 saturated heterocycles. The van der Waals surface area contributed by atoms with Gasteiger partial charge in [0, 0.05) is 45.1 Å². The predicted octanol–water partition coefficient (Wildman–Crippen LogP) is 3.31. The molecular weight excluding hydrogens is 390 g/mol. The molecular formula is C22H26F2N4O2. The lowest BCUT2D eigenvalue weighted by Crippen LogP contribution is -2.51. The number of carbonyl (C=O) groups is 1. The van der Waals surface area contributed by atoms with Gasteiger partial charge in [0.1, 0.15) is 11.6 Å². The van der Waals surface area contributed by atoms with Crippen molar-refractivity contribution in [2.45, 2.75) is 50.5 Å². The molecule has 5 rings (SSSR count). The van der Waals surface area contributed by atoms with Gasteiger partial charge in [0.2, 0.25) is 11.8 Å². The lowest BCUT2D eigenvalue weighted by Gasteiger charge is -2.41. The second kappa shape index (κ2) is 7.41. The molecule has 2 atom stereocenters. The molecule has 3 aliphatic rings. The van der Waals surface area contributed by atoms with Crippen molar-refractivity contribution in [1.29, 1.82) is 0 Å². The molecule has 3 fully saturated rings. The van der Waals surface area contributed by atoms with Crippen LogP contribution in [-0.2, 0) is 5.41 Å². The standard InChI is InChI=1S/C22H26F2N4O2/c1-14-25-26-21(30-14)22-8-9-27(20(29)18-10-16(23)6-7-19(18)24)11-15(22)12-28(13-22)17-4-2-3-5-17/h6-7,10,15,17H,2-5,8-9,11-13H2,1H3. The van der Waals surface area contributed by atoms with Crippen LogP contribution in [0.15, 0.2) is 22.6 Å². The minimum Gasteiger partial charge on any atom is -0.425 e. The zero-order valence-corrected chi connectivity index (χ0v) is 17.1. The van der Waals surface area contributed by atoms with Gasteiger partial charge in [0.05, 0.1) is 11.0 Å². The van der Waals surface area contributed by atoms with Gasteiger partial charge in [-0.25, -0.2) is 8.78 Å². The van der Waals surface area contributed by atoms with Crippen molar-refractivity contribution in [3.05, 3.63) is 47.2 Å². The predicted molar refractivity (Wildman–Crippen MR) is 105 cm³/mol. The Kier molecular flexibility index (Phi) is 4.84. The maximum Gasteiger partial charge on any atom is 0.256 e. The molecule has 30 heavy (non-hydrogen) atoms. The van der Waals surface area contributed by atoms with E-state index in [9.17, 15) is 13.6 Å². The van der Waals surface area contributed by atoms with Crippen molar-refractivity contribution >= 4 is 5.91 Å². The van der Waals surface area contributed by atoms with Crippen molar-refractivity contribution in [3.8, 4) is 0 Å². The Labute approximate surface area is 174 Å². The normalized spacial score (nSPS) is 27.6. The average molecular weight is 416 g/mol. The number of hydrogen-bond acceptors (Lipinski definition) is 5. The van der Waals surface area contributed by atoms with E-state index in [0.717, 1.165) is 31.3 Å². The van der Waals surface area contributed by atoms with E-state index in [-0.39, 0.29) is 16.9 Å². The van der Waals surface area contributed by atoms with Crippen LogP contribution < -0.4 is 0 Å². The van der Waals surface area contributed by atoms with E-state index in [0.29, 0.717) is 37.3 Å². The third-order valence-electron chi connectivity index (χ3n) is 7.23. The van der Waals surface area contributed by atoms with Crippen LogP contribution in [0.5, 0.6) is 0 Å². The van der Waals surface area contributed by atoms with Crippen molar-refractivity contribution in [1.82, 2.24) is 20.0 Å². The Morgan fingerprint density at radius 1 is 1.20 bits per heavy atom. The molecule has 6 nitrogen and oxygen atoms in total. The van der Waals surface area contributed by atoms with Crippen LogP contribution in [0.1, 0.15) is 54.2 Å². The van der Waals surface area contributed by atoms with E-state index in [2.05, 4.69) is 15.1 Å². The highest BCUT2D eigenvalue weighted by Gasteiger charge is 2.55. The largest absolute Gasteiger partial charge is 0.425 e. The Morgan fingerprint density at radius 2 is 2.00 bits per heavy atom. The van der Waals surface area contributed by atoms with Crippen LogP contribution in [0.25, 0.3) is 0 Å². The number of benzene rings is 1. The summed E-state index contributed by atoms with van der Waals surface area (Å²) in [6.45, 7) is 4.41. The Balaban J connectivity index is 1.43. The second-order valence-corrected chi connectivity index (χ2v) is 8.97. The summed E-state index contributed by atoms with van der Waals surface area (Å²) in [5, 5.41) is 8.42. The molecule has 2 aromatic rings. The number of carbonyl (C=O) groups excluding carboxylic acids is 1. The number of fused-ring (bicyclic) bond motifs is 1. The maximum atomic E-state index is 14.2. The highest BCUT2D eigenvalue weighted by molar-refractivity contribution is 5.94. The van der Waals surface area contributed by atoms with Gasteiger partial charge in [-0.3, -0.25) is 9.69 Å². The van der Waals surface area contributed by atoms with E-state index in [4.69, 9.17) is 4.42 Å². The van der Waals surface area contributed by atoms with Crippen LogP contribution in [0.2, 0.25) is 0 Å². The number of aryl methyl sites for hydroxylation is 1. The number of piperidine rings is 1. The first-order valence-corrected chi connectivity index (χ1v) is 10.8. The molecule has 8 heteroatoms. The molecule has 2 aliphatic heterocycles. The summed E-state index contributed by atoms with van der Waals surface area (Å²) in [6.07, 6.45) is 5.57. The van der Waals surface area contributed by atoms with Crippen LogP contribution in [0.3, 0.4) is 0 Å². The summed E-state index contributed by atoms with van der Waals surface area (Å²) in [5.74, 6) is -0.452. The number of nitrogens with zero attached hydrogens (tertiary/aromatic N) is 4. The molecule has 1 aromatic heterocycles. The first kappa shape index (κ1) is 19.6. The smallest absolute Gasteiger partial charge is 0.256 e. The van der Waals surface area contributed by atoms with E-state index in [1.54, 1.807) is 11.8 Å². The van der Waals surface area contributed by atoms with Crippen LogP contribution in [0, 0.1) is 24.5 Å². The van der Waals surface area contributed by atoms with E-state index < -0.39 is 17.5 Å². The van der Waals surface area contributed by atoms with Crippen molar-refractivity contribution in [2.75, 3.05) is 26.2 Å². The number of rotatable bonds is 3. The molecule has 1 saturated carbocycles. The number of amides is 1. The summed E-state index contributed by atoms with van der Waals surface area (Å²) in [6, 6.07) is 3.58. The van der Waals surface area contributed by atoms with Gasteiger partial charge in [0.15, 0.2) is 0 Å². The lowest BCUT2D eigenvalue weighted by molar-refractivity contribution is 0.0563. The van der Waals surface area contributed by atoms with Gasteiger partial charge in [-0.05, 0) is 37.5 Å². The fraction of sp³-hybridized carbons (Fsp3) is 0.591. The van der Waals surface area contributed by atoms with Crippen LogP contribution >= 0.6 is 0 Å². The summed E-state index contributed by atoms with van der Waals surface area (Å²) in [5.41, 5.74) is -0.497. The molecule has 1 aliphatic carbocycles. The van der Waals surface area contributed by atoms with Crippen molar-refractivity contribution in [3.63, 3.8) is 0 Å². The summed E-state index contributed by atoms with van der Waals surface area (Å²) in [7, 11) is 0. The molecule has 0 spiro atoms. The quantitative estimate of drug-likeness (QED) is 0.768. The van der Waals surface area contributed by atoms with Gasteiger partial charge in [-0.15, -0.1) is 10.2 Å². The van der Waals surface area contributed by atoms with E-state index in [1.807, 2.05) is 0 Å². The number of likely N-dealkylation sites (tertiary alicyclic amines) is 2. The molecule has 1 amide bonds. The maximum absolute atomic E-state index is 14.2.